The van der Waals surface area contributed by atoms with E-state index in [4.69, 9.17) is 9.84 Å². The van der Waals surface area contributed by atoms with E-state index in [0.29, 0.717) is 0 Å². The van der Waals surface area contributed by atoms with Crippen LogP contribution in [0.15, 0.2) is 0 Å². The lowest BCUT2D eigenvalue weighted by molar-refractivity contribution is -0.206. The molecule has 1 fully saturated rings. The first-order chi connectivity index (χ1) is 8.92. The van der Waals surface area contributed by atoms with Gasteiger partial charge in [-0.1, -0.05) is 0 Å². The number of alkyl halides is 3. The van der Waals surface area contributed by atoms with E-state index in [-0.39, 0.29) is 6.54 Å². The number of carboxylic acid groups (broad SMARTS) is 1. The second-order valence-electron chi connectivity index (χ2n) is 5.81. The molecule has 2 atom stereocenters. The Morgan fingerprint density at radius 1 is 1.25 bits per heavy atom. The van der Waals surface area contributed by atoms with Crippen molar-refractivity contribution < 1.29 is 32.6 Å². The summed E-state index contributed by atoms with van der Waals surface area (Å²) in [4.78, 5) is 23.8. The highest BCUT2D eigenvalue weighted by Gasteiger charge is 2.50. The number of carbonyl (C=O) groups excluding carboxylic acids is 1. The number of aliphatic carboxylic acids is 1. The van der Waals surface area contributed by atoms with E-state index in [1.54, 1.807) is 20.8 Å². The van der Waals surface area contributed by atoms with Gasteiger partial charge in [0.1, 0.15) is 5.60 Å². The molecule has 1 heterocycles. The van der Waals surface area contributed by atoms with Gasteiger partial charge in [-0.2, -0.15) is 13.2 Å². The Morgan fingerprint density at radius 2 is 1.80 bits per heavy atom. The number of hydrogen-bond acceptors (Lipinski definition) is 3. The van der Waals surface area contributed by atoms with Crippen LogP contribution in [-0.2, 0) is 9.53 Å². The molecule has 116 valence electrons. The van der Waals surface area contributed by atoms with E-state index >= 15 is 0 Å². The molecular formula is C12H18F3NO4. The number of likely N-dealkylation sites (tertiary alicyclic amines) is 1. The summed E-state index contributed by atoms with van der Waals surface area (Å²) in [6, 6.07) is 0. The number of amides is 1. The van der Waals surface area contributed by atoms with E-state index in [1.165, 1.54) is 0 Å². The lowest BCUT2D eigenvalue weighted by Crippen LogP contribution is -2.51. The molecule has 1 N–H and O–H groups in total. The zero-order chi connectivity index (χ0) is 15.7. The lowest BCUT2D eigenvalue weighted by Gasteiger charge is -2.37. The molecule has 1 aliphatic heterocycles. The molecule has 1 saturated heterocycles. The Bertz CT molecular complexity index is 389. The van der Waals surface area contributed by atoms with E-state index in [9.17, 15) is 22.8 Å². The van der Waals surface area contributed by atoms with E-state index in [2.05, 4.69) is 0 Å². The number of ether oxygens (including phenoxy) is 1. The fourth-order valence-electron chi connectivity index (χ4n) is 2.09. The average molecular weight is 297 g/mol. The van der Waals surface area contributed by atoms with Crippen molar-refractivity contribution in [3.63, 3.8) is 0 Å². The van der Waals surface area contributed by atoms with Crippen molar-refractivity contribution in [2.75, 3.05) is 13.1 Å². The van der Waals surface area contributed by atoms with Crippen LogP contribution in [0.1, 0.15) is 27.2 Å². The van der Waals surface area contributed by atoms with Crippen LogP contribution in [0, 0.1) is 11.8 Å². The summed E-state index contributed by atoms with van der Waals surface area (Å²) in [7, 11) is 0. The molecule has 0 aliphatic carbocycles. The number of piperidine rings is 1. The minimum atomic E-state index is -4.58. The molecular weight excluding hydrogens is 279 g/mol. The van der Waals surface area contributed by atoms with Gasteiger partial charge in [-0.3, -0.25) is 4.79 Å². The SMILES string of the molecule is CC(C)(C)OC(=O)N1CC[C@H](C(F)(F)F)[C@H](C(=O)O)C1. The molecule has 20 heavy (non-hydrogen) atoms. The lowest BCUT2D eigenvalue weighted by atomic mass is 9.85. The third-order valence-electron chi connectivity index (χ3n) is 3.00. The van der Waals surface area contributed by atoms with Crippen LogP contribution in [0.3, 0.4) is 0 Å². The first kappa shape index (κ1) is 16.6. The van der Waals surface area contributed by atoms with Gasteiger partial charge in [0.25, 0.3) is 0 Å². The van der Waals surface area contributed by atoms with Gasteiger partial charge in [-0.05, 0) is 27.2 Å². The third kappa shape index (κ3) is 4.28. The van der Waals surface area contributed by atoms with Crippen molar-refractivity contribution in [1.82, 2.24) is 4.90 Å². The molecule has 1 rings (SSSR count). The monoisotopic (exact) mass is 297 g/mol. The fourth-order valence-corrected chi connectivity index (χ4v) is 2.09. The summed E-state index contributed by atoms with van der Waals surface area (Å²) < 4.78 is 43.3. The summed E-state index contributed by atoms with van der Waals surface area (Å²) in [6.07, 6.45) is -5.80. The summed E-state index contributed by atoms with van der Waals surface area (Å²) in [5.41, 5.74) is -0.781. The van der Waals surface area contributed by atoms with Gasteiger partial charge in [-0.15, -0.1) is 0 Å². The highest BCUT2D eigenvalue weighted by molar-refractivity contribution is 5.73. The molecule has 0 aromatic rings. The number of carboxylic acids is 1. The quantitative estimate of drug-likeness (QED) is 0.807. The second-order valence-corrected chi connectivity index (χ2v) is 5.81. The van der Waals surface area contributed by atoms with Gasteiger partial charge >= 0.3 is 18.2 Å². The maximum absolute atomic E-state index is 12.8. The molecule has 0 saturated carbocycles. The van der Waals surface area contributed by atoms with Crippen LogP contribution >= 0.6 is 0 Å². The van der Waals surface area contributed by atoms with Crippen molar-refractivity contribution in [1.29, 1.82) is 0 Å². The average Bonchev–Trinajstić information content (AvgIpc) is 2.24. The summed E-state index contributed by atoms with van der Waals surface area (Å²) >= 11 is 0. The molecule has 0 unspecified atom stereocenters. The molecule has 5 nitrogen and oxygen atoms in total. The predicted octanol–water partition coefficient (Wildman–Crippen LogP) is 2.51. The van der Waals surface area contributed by atoms with Crippen LogP contribution in [-0.4, -0.2) is 46.9 Å². The van der Waals surface area contributed by atoms with Crippen LogP contribution < -0.4 is 0 Å². The van der Waals surface area contributed by atoms with Crippen molar-refractivity contribution in [3.05, 3.63) is 0 Å². The standard InChI is InChI=1S/C12H18F3NO4/c1-11(2,3)20-10(19)16-5-4-8(12(13,14)15)7(6-16)9(17)18/h7-8H,4-6H2,1-3H3,(H,17,18)/t7-,8+/m1/s1. The summed E-state index contributed by atoms with van der Waals surface area (Å²) in [5, 5.41) is 8.93. The van der Waals surface area contributed by atoms with Crippen LogP contribution in [0.4, 0.5) is 18.0 Å². The van der Waals surface area contributed by atoms with Gasteiger partial charge in [0, 0.05) is 13.1 Å². The van der Waals surface area contributed by atoms with Crippen molar-refractivity contribution in [3.8, 4) is 0 Å². The number of rotatable bonds is 1. The van der Waals surface area contributed by atoms with E-state index in [1.807, 2.05) is 0 Å². The minimum Gasteiger partial charge on any atom is -0.481 e. The van der Waals surface area contributed by atoms with Crippen molar-refractivity contribution in [2.45, 2.75) is 39.0 Å². The first-order valence-electron chi connectivity index (χ1n) is 6.19. The molecule has 0 bridgehead atoms. The van der Waals surface area contributed by atoms with Crippen LogP contribution in [0.2, 0.25) is 0 Å². The predicted molar refractivity (Wildman–Crippen MR) is 63.1 cm³/mol. The van der Waals surface area contributed by atoms with Gasteiger partial charge in [0.2, 0.25) is 0 Å². The van der Waals surface area contributed by atoms with Gasteiger partial charge in [0.05, 0.1) is 11.8 Å². The van der Waals surface area contributed by atoms with Crippen LogP contribution in [0.25, 0.3) is 0 Å². The topological polar surface area (TPSA) is 66.8 Å². The van der Waals surface area contributed by atoms with Crippen molar-refractivity contribution >= 4 is 12.1 Å². The normalized spacial score (nSPS) is 24.4. The van der Waals surface area contributed by atoms with E-state index < -0.39 is 48.6 Å². The molecule has 0 radical (unpaired) electrons. The summed E-state index contributed by atoms with van der Waals surface area (Å²) in [5.74, 6) is -5.14. The maximum Gasteiger partial charge on any atom is 0.410 e. The van der Waals surface area contributed by atoms with Crippen LogP contribution in [0.5, 0.6) is 0 Å². The molecule has 1 aliphatic rings. The van der Waals surface area contributed by atoms with Gasteiger partial charge < -0.3 is 14.7 Å². The molecule has 0 spiro atoms. The Labute approximate surface area is 114 Å². The highest BCUT2D eigenvalue weighted by atomic mass is 19.4. The van der Waals surface area contributed by atoms with Gasteiger partial charge in [0.15, 0.2) is 0 Å². The first-order valence-corrected chi connectivity index (χ1v) is 6.19. The highest BCUT2D eigenvalue weighted by Crippen LogP contribution is 2.38. The zero-order valence-corrected chi connectivity index (χ0v) is 11.5. The molecule has 0 aromatic heterocycles. The number of nitrogens with zero attached hydrogens (tertiary/aromatic N) is 1. The Morgan fingerprint density at radius 3 is 2.20 bits per heavy atom. The zero-order valence-electron chi connectivity index (χ0n) is 11.5. The second kappa shape index (κ2) is 5.49. The fraction of sp³-hybridized carbons (Fsp3) is 0.833. The molecule has 0 aromatic carbocycles. The maximum atomic E-state index is 12.8. The van der Waals surface area contributed by atoms with Crippen molar-refractivity contribution in [2.24, 2.45) is 11.8 Å². The Hall–Kier alpha value is -1.47. The summed E-state index contributed by atoms with van der Waals surface area (Å²) in [6.45, 7) is 4.23. The smallest absolute Gasteiger partial charge is 0.410 e. The Kier molecular flexibility index (Phi) is 4.55. The third-order valence-corrected chi connectivity index (χ3v) is 3.00. The largest absolute Gasteiger partial charge is 0.481 e. The van der Waals surface area contributed by atoms with E-state index in [0.717, 1.165) is 4.90 Å². The minimum absolute atomic E-state index is 0.164. The molecule has 8 heteroatoms. The number of carbonyl (C=O) groups is 2. The number of hydrogen-bond donors (Lipinski definition) is 1. The van der Waals surface area contributed by atoms with Gasteiger partial charge in [-0.25, -0.2) is 4.79 Å². The Balaban J connectivity index is 2.79. The molecule has 1 amide bonds. The number of halogens is 3.